The number of nitrogens with two attached hydrogens (primary N) is 1. The monoisotopic (exact) mass is 269 g/mol. The van der Waals surface area contributed by atoms with Gasteiger partial charge in [-0.1, -0.05) is 13.0 Å². The third kappa shape index (κ3) is 4.42. The first-order valence-corrected chi connectivity index (χ1v) is 7.61. The highest BCUT2D eigenvalue weighted by atomic mass is 32.2. The molecule has 0 radical (unpaired) electrons. The quantitative estimate of drug-likeness (QED) is 0.787. The molecule has 2 N–H and O–H groups in total. The van der Waals surface area contributed by atoms with Gasteiger partial charge in [-0.25, -0.2) is 0 Å². The normalized spacial score (nSPS) is 12.2. The summed E-state index contributed by atoms with van der Waals surface area (Å²) < 4.78 is 11.1. The van der Waals surface area contributed by atoms with Crippen LogP contribution in [0.3, 0.4) is 0 Å². The van der Waals surface area contributed by atoms with Crippen LogP contribution in [0.1, 0.15) is 32.4 Å². The molecule has 18 heavy (non-hydrogen) atoms. The van der Waals surface area contributed by atoms with Gasteiger partial charge < -0.3 is 15.2 Å². The number of ether oxygens (including phenoxy) is 2. The first kappa shape index (κ1) is 15.2. The van der Waals surface area contributed by atoms with E-state index < -0.39 is 0 Å². The lowest BCUT2D eigenvalue weighted by Gasteiger charge is -2.15. The van der Waals surface area contributed by atoms with E-state index in [2.05, 4.69) is 6.92 Å². The average Bonchev–Trinajstić information content (AvgIpc) is 2.38. The third-order valence-electron chi connectivity index (χ3n) is 2.50. The second-order valence-electron chi connectivity index (χ2n) is 3.84. The summed E-state index contributed by atoms with van der Waals surface area (Å²) >= 11 is 1.85. The molecule has 0 fully saturated rings. The predicted molar refractivity (Wildman–Crippen MR) is 78.7 cm³/mol. The molecule has 0 saturated carbocycles. The van der Waals surface area contributed by atoms with Crippen LogP contribution < -0.4 is 15.2 Å². The topological polar surface area (TPSA) is 44.5 Å². The van der Waals surface area contributed by atoms with Crippen molar-refractivity contribution in [1.29, 1.82) is 0 Å². The van der Waals surface area contributed by atoms with E-state index in [-0.39, 0.29) is 6.04 Å². The van der Waals surface area contributed by atoms with Crippen LogP contribution in [-0.2, 0) is 0 Å². The third-order valence-corrected chi connectivity index (χ3v) is 3.50. The standard InChI is InChI=1S/C14H23NO2S/c1-4-16-13-8-7-11(9-14(13)17-5-2)12(15)10-18-6-3/h7-9,12H,4-6,10,15H2,1-3H3. The van der Waals surface area contributed by atoms with E-state index >= 15 is 0 Å². The van der Waals surface area contributed by atoms with Crippen molar-refractivity contribution in [2.45, 2.75) is 26.8 Å². The Bertz CT molecular complexity index is 358. The molecule has 0 aliphatic rings. The molecule has 0 aliphatic carbocycles. The molecule has 0 saturated heterocycles. The number of hydrogen-bond donors (Lipinski definition) is 1. The highest BCUT2D eigenvalue weighted by Crippen LogP contribution is 2.31. The van der Waals surface area contributed by atoms with E-state index in [4.69, 9.17) is 15.2 Å². The van der Waals surface area contributed by atoms with Crippen molar-refractivity contribution < 1.29 is 9.47 Å². The summed E-state index contributed by atoms with van der Waals surface area (Å²) in [7, 11) is 0. The molecule has 4 heteroatoms. The molecule has 102 valence electrons. The molecule has 0 spiro atoms. The molecular weight excluding hydrogens is 246 g/mol. The van der Waals surface area contributed by atoms with Gasteiger partial charge in [0.1, 0.15) is 0 Å². The van der Waals surface area contributed by atoms with E-state index in [9.17, 15) is 0 Å². The van der Waals surface area contributed by atoms with Gasteiger partial charge in [0.25, 0.3) is 0 Å². The number of rotatable bonds is 8. The minimum absolute atomic E-state index is 0.0461. The van der Waals surface area contributed by atoms with Crippen molar-refractivity contribution in [2.24, 2.45) is 5.73 Å². The van der Waals surface area contributed by atoms with Crippen molar-refractivity contribution >= 4 is 11.8 Å². The maximum absolute atomic E-state index is 6.15. The summed E-state index contributed by atoms with van der Waals surface area (Å²) in [5.74, 6) is 3.59. The zero-order valence-electron chi connectivity index (χ0n) is 11.4. The molecular formula is C14H23NO2S. The number of hydrogen-bond acceptors (Lipinski definition) is 4. The Morgan fingerprint density at radius 3 is 2.39 bits per heavy atom. The summed E-state index contributed by atoms with van der Waals surface area (Å²) in [6, 6.07) is 6.01. The SMILES string of the molecule is CCOc1ccc(C(N)CSCC)cc1OCC. The Hall–Kier alpha value is -0.870. The van der Waals surface area contributed by atoms with Gasteiger partial charge in [-0.3, -0.25) is 0 Å². The fraction of sp³-hybridized carbons (Fsp3) is 0.571. The summed E-state index contributed by atoms with van der Waals surface area (Å²) in [5.41, 5.74) is 7.25. The molecule has 1 aromatic carbocycles. The van der Waals surface area contributed by atoms with Gasteiger partial charge in [0.05, 0.1) is 13.2 Å². The van der Waals surface area contributed by atoms with Crippen LogP contribution in [0.2, 0.25) is 0 Å². The fourth-order valence-electron chi connectivity index (χ4n) is 1.64. The van der Waals surface area contributed by atoms with Crippen molar-refractivity contribution in [1.82, 2.24) is 0 Å². The first-order chi connectivity index (χ1) is 8.72. The molecule has 0 bridgehead atoms. The second-order valence-corrected chi connectivity index (χ2v) is 5.16. The van der Waals surface area contributed by atoms with Crippen LogP contribution in [0.5, 0.6) is 11.5 Å². The van der Waals surface area contributed by atoms with Crippen LogP contribution in [0.4, 0.5) is 0 Å². The molecule has 1 aromatic rings. The average molecular weight is 269 g/mol. The minimum Gasteiger partial charge on any atom is -0.490 e. The lowest BCUT2D eigenvalue weighted by molar-refractivity contribution is 0.287. The van der Waals surface area contributed by atoms with E-state index in [1.54, 1.807) is 0 Å². The molecule has 0 amide bonds. The summed E-state index contributed by atoms with van der Waals surface area (Å²) in [4.78, 5) is 0. The van der Waals surface area contributed by atoms with E-state index in [1.165, 1.54) is 0 Å². The number of benzene rings is 1. The smallest absolute Gasteiger partial charge is 0.161 e. The van der Waals surface area contributed by atoms with E-state index in [0.717, 1.165) is 28.6 Å². The van der Waals surface area contributed by atoms with Crippen molar-refractivity contribution in [3.8, 4) is 11.5 Å². The van der Waals surface area contributed by atoms with Crippen LogP contribution >= 0.6 is 11.8 Å². The zero-order valence-corrected chi connectivity index (χ0v) is 12.3. The largest absolute Gasteiger partial charge is 0.490 e. The molecule has 1 rings (SSSR count). The Kier molecular flexibility index (Phi) is 6.98. The van der Waals surface area contributed by atoms with Gasteiger partial charge in [0.15, 0.2) is 11.5 Å². The van der Waals surface area contributed by atoms with Gasteiger partial charge in [-0.05, 0) is 37.3 Å². The van der Waals surface area contributed by atoms with Gasteiger partial charge in [0.2, 0.25) is 0 Å². The second kappa shape index (κ2) is 8.27. The lowest BCUT2D eigenvalue weighted by atomic mass is 10.1. The molecule has 1 atom stereocenters. The predicted octanol–water partition coefficient (Wildman–Crippen LogP) is 3.24. The first-order valence-electron chi connectivity index (χ1n) is 6.45. The maximum Gasteiger partial charge on any atom is 0.161 e. The molecule has 0 heterocycles. The maximum atomic E-state index is 6.15. The van der Waals surface area contributed by atoms with Gasteiger partial charge in [-0.2, -0.15) is 11.8 Å². The van der Waals surface area contributed by atoms with Gasteiger partial charge in [0, 0.05) is 11.8 Å². The minimum atomic E-state index is 0.0461. The fourth-order valence-corrected chi connectivity index (χ4v) is 2.32. The Labute approximate surface area is 114 Å². The van der Waals surface area contributed by atoms with Crippen LogP contribution in [0, 0.1) is 0 Å². The van der Waals surface area contributed by atoms with Crippen LogP contribution in [-0.4, -0.2) is 24.7 Å². The van der Waals surface area contributed by atoms with Crippen molar-refractivity contribution in [2.75, 3.05) is 24.7 Å². The Balaban J connectivity index is 2.84. The molecule has 0 aliphatic heterocycles. The zero-order chi connectivity index (χ0) is 13.4. The van der Waals surface area contributed by atoms with Crippen LogP contribution in [0.15, 0.2) is 18.2 Å². The lowest BCUT2D eigenvalue weighted by Crippen LogP contribution is -2.13. The van der Waals surface area contributed by atoms with Crippen molar-refractivity contribution in [3.63, 3.8) is 0 Å². The Morgan fingerprint density at radius 1 is 1.11 bits per heavy atom. The van der Waals surface area contributed by atoms with Gasteiger partial charge in [-0.15, -0.1) is 0 Å². The number of thioether (sulfide) groups is 1. The summed E-state index contributed by atoms with van der Waals surface area (Å²) in [5, 5.41) is 0. The van der Waals surface area contributed by atoms with Crippen LogP contribution in [0.25, 0.3) is 0 Å². The highest BCUT2D eigenvalue weighted by Gasteiger charge is 2.11. The highest BCUT2D eigenvalue weighted by molar-refractivity contribution is 7.99. The van der Waals surface area contributed by atoms with E-state index in [1.807, 2.05) is 43.8 Å². The van der Waals surface area contributed by atoms with E-state index in [0.29, 0.717) is 13.2 Å². The Morgan fingerprint density at radius 2 is 1.78 bits per heavy atom. The summed E-state index contributed by atoms with van der Waals surface area (Å²) in [6.07, 6.45) is 0. The van der Waals surface area contributed by atoms with Gasteiger partial charge >= 0.3 is 0 Å². The molecule has 0 aromatic heterocycles. The molecule has 3 nitrogen and oxygen atoms in total. The summed E-state index contributed by atoms with van der Waals surface area (Å²) in [6.45, 7) is 7.34. The van der Waals surface area contributed by atoms with Crippen molar-refractivity contribution in [3.05, 3.63) is 23.8 Å². The molecule has 1 unspecified atom stereocenters.